The van der Waals surface area contributed by atoms with Crippen molar-refractivity contribution < 1.29 is 24.2 Å². The van der Waals surface area contributed by atoms with Crippen LogP contribution in [0.25, 0.3) is 0 Å². The van der Waals surface area contributed by atoms with Gasteiger partial charge in [0, 0.05) is 17.8 Å². The summed E-state index contributed by atoms with van der Waals surface area (Å²) in [7, 11) is 0. The van der Waals surface area contributed by atoms with Crippen molar-refractivity contribution in [1.29, 1.82) is 0 Å². The first-order valence-corrected chi connectivity index (χ1v) is 14.1. The second kappa shape index (κ2) is 11.4. The summed E-state index contributed by atoms with van der Waals surface area (Å²) < 4.78 is 4.69. The predicted molar refractivity (Wildman–Crippen MR) is 145 cm³/mol. The number of hydrogen-bond donors (Lipinski definition) is 1. The van der Waals surface area contributed by atoms with Gasteiger partial charge in [0.1, 0.15) is 12.6 Å². The minimum atomic E-state index is -0.797. The zero-order valence-corrected chi connectivity index (χ0v) is 22.6. The van der Waals surface area contributed by atoms with Gasteiger partial charge in [-0.1, -0.05) is 62.4 Å². The SMILES string of the molecule is C=CCOC(=O)[C@@H]1[C@H]2C(=O)N([C@H](CO)c3ccccc3)C(C(=O)N(CC=C)C(C)CCC)C23CC[C@H]1S3. The maximum atomic E-state index is 14.5. The summed E-state index contributed by atoms with van der Waals surface area (Å²) in [4.78, 5) is 45.4. The summed E-state index contributed by atoms with van der Waals surface area (Å²) in [5, 5.41) is 10.5. The van der Waals surface area contributed by atoms with E-state index in [0.717, 1.165) is 24.8 Å². The molecule has 3 fully saturated rings. The van der Waals surface area contributed by atoms with Crippen LogP contribution in [0.3, 0.4) is 0 Å². The van der Waals surface area contributed by atoms with E-state index in [-0.39, 0.29) is 36.3 Å². The Hall–Kier alpha value is -2.58. The number of nitrogens with zero attached hydrogens (tertiary/aromatic N) is 2. The Morgan fingerprint density at radius 3 is 2.65 bits per heavy atom. The van der Waals surface area contributed by atoms with E-state index in [4.69, 9.17) is 4.74 Å². The molecule has 1 aromatic carbocycles. The molecule has 8 heteroatoms. The minimum Gasteiger partial charge on any atom is -0.461 e. The van der Waals surface area contributed by atoms with Crippen molar-refractivity contribution >= 4 is 29.5 Å². The van der Waals surface area contributed by atoms with Gasteiger partial charge in [0.2, 0.25) is 11.8 Å². The van der Waals surface area contributed by atoms with Crippen LogP contribution in [0, 0.1) is 11.8 Å². The van der Waals surface area contributed by atoms with Crippen LogP contribution < -0.4 is 0 Å². The van der Waals surface area contributed by atoms with Gasteiger partial charge in [-0.15, -0.1) is 18.3 Å². The molecule has 3 saturated heterocycles. The number of esters is 1. The first-order chi connectivity index (χ1) is 17.9. The Balaban J connectivity index is 1.82. The van der Waals surface area contributed by atoms with E-state index < -0.39 is 34.6 Å². The largest absolute Gasteiger partial charge is 0.461 e. The molecule has 2 amide bonds. The van der Waals surface area contributed by atoms with Crippen LogP contribution >= 0.6 is 11.8 Å². The molecule has 3 aliphatic heterocycles. The summed E-state index contributed by atoms with van der Waals surface area (Å²) in [6.07, 6.45) is 6.37. The number of amides is 2. The number of likely N-dealkylation sites (tertiary alicyclic amines) is 1. The Labute approximate surface area is 223 Å². The second-order valence-corrected chi connectivity index (χ2v) is 11.8. The van der Waals surface area contributed by atoms with Crippen LogP contribution in [0.15, 0.2) is 55.6 Å². The van der Waals surface area contributed by atoms with E-state index in [1.165, 1.54) is 6.08 Å². The van der Waals surface area contributed by atoms with Crippen LogP contribution in [-0.4, -0.2) is 74.5 Å². The molecular weight excluding hydrogens is 488 g/mol. The quantitative estimate of drug-likeness (QED) is 0.330. The molecule has 37 heavy (non-hydrogen) atoms. The standard InChI is InChI=1S/C29H38N2O5S/c1-5-11-19(4)30(16-6-2)27(34)25-29-15-14-22(37-29)23(28(35)36-17-7-3)24(29)26(33)31(25)21(18-32)20-12-9-8-10-13-20/h6-10,12-13,19,21-25,32H,2-3,5,11,14-18H2,1,4H3/t19?,21-,22-,23+,24+,25?,29?/m1/s1. The molecule has 0 aromatic heterocycles. The molecule has 7 nitrogen and oxygen atoms in total. The molecular formula is C29H38N2O5S. The molecule has 3 aliphatic rings. The minimum absolute atomic E-state index is 0.0378. The topological polar surface area (TPSA) is 87.1 Å². The average Bonchev–Trinajstić information content (AvgIpc) is 3.54. The number of rotatable bonds is 12. The van der Waals surface area contributed by atoms with Gasteiger partial charge in [-0.25, -0.2) is 0 Å². The van der Waals surface area contributed by atoms with E-state index in [9.17, 15) is 19.5 Å². The summed E-state index contributed by atoms with van der Waals surface area (Å²) in [5.41, 5.74) is 0.759. The number of ether oxygens (including phenoxy) is 1. The van der Waals surface area contributed by atoms with Crippen molar-refractivity contribution in [3.63, 3.8) is 0 Å². The predicted octanol–water partition coefficient (Wildman–Crippen LogP) is 3.74. The van der Waals surface area contributed by atoms with Gasteiger partial charge < -0.3 is 19.6 Å². The van der Waals surface area contributed by atoms with Gasteiger partial charge in [-0.2, -0.15) is 0 Å². The molecule has 4 rings (SSSR count). The molecule has 1 aromatic rings. The molecule has 1 spiro atoms. The summed E-state index contributed by atoms with van der Waals surface area (Å²) >= 11 is 1.60. The highest BCUT2D eigenvalue weighted by molar-refractivity contribution is 8.02. The van der Waals surface area contributed by atoms with Crippen molar-refractivity contribution in [2.24, 2.45) is 11.8 Å². The lowest BCUT2D eigenvalue weighted by atomic mass is 9.71. The average molecular weight is 527 g/mol. The third-order valence-electron chi connectivity index (χ3n) is 8.13. The van der Waals surface area contributed by atoms with Crippen LogP contribution in [0.4, 0.5) is 0 Å². The van der Waals surface area contributed by atoms with E-state index in [0.29, 0.717) is 13.0 Å². The number of carbonyl (C=O) groups is 3. The number of aliphatic hydroxyl groups is 1. The lowest BCUT2D eigenvalue weighted by Gasteiger charge is -2.41. The molecule has 200 valence electrons. The fraction of sp³-hybridized carbons (Fsp3) is 0.552. The molecule has 7 atom stereocenters. The number of thioether (sulfide) groups is 1. The van der Waals surface area contributed by atoms with E-state index in [1.54, 1.807) is 22.7 Å². The molecule has 1 N–H and O–H groups in total. The monoisotopic (exact) mass is 526 g/mol. The first kappa shape index (κ1) is 27.5. The first-order valence-electron chi connectivity index (χ1n) is 13.2. The van der Waals surface area contributed by atoms with Crippen LogP contribution in [0.1, 0.15) is 51.1 Å². The smallest absolute Gasteiger partial charge is 0.311 e. The molecule has 3 unspecified atom stereocenters. The number of hydrogen-bond acceptors (Lipinski definition) is 6. The van der Waals surface area contributed by atoms with Crippen LogP contribution in [0.5, 0.6) is 0 Å². The Bertz CT molecular complexity index is 1030. The second-order valence-electron chi connectivity index (χ2n) is 10.2. The highest BCUT2D eigenvalue weighted by atomic mass is 32.2. The molecule has 2 bridgehead atoms. The van der Waals surface area contributed by atoms with Crippen LogP contribution in [-0.2, 0) is 19.1 Å². The van der Waals surface area contributed by atoms with Crippen molar-refractivity contribution in [1.82, 2.24) is 9.80 Å². The Morgan fingerprint density at radius 2 is 2.03 bits per heavy atom. The highest BCUT2D eigenvalue weighted by Crippen LogP contribution is 2.67. The van der Waals surface area contributed by atoms with Gasteiger partial charge >= 0.3 is 5.97 Å². The number of aliphatic hydroxyl groups excluding tert-OH is 1. The molecule has 0 saturated carbocycles. The van der Waals surface area contributed by atoms with Crippen molar-refractivity contribution in [2.45, 2.75) is 67.7 Å². The Kier molecular flexibility index (Phi) is 8.49. The fourth-order valence-corrected chi connectivity index (χ4v) is 8.78. The van der Waals surface area contributed by atoms with Gasteiger partial charge in [-0.05, 0) is 31.7 Å². The van der Waals surface area contributed by atoms with E-state index in [1.807, 2.05) is 42.2 Å². The highest BCUT2D eigenvalue weighted by Gasteiger charge is 2.75. The molecule has 0 aliphatic carbocycles. The normalized spacial score (nSPS) is 29.5. The van der Waals surface area contributed by atoms with E-state index >= 15 is 0 Å². The van der Waals surface area contributed by atoms with Gasteiger partial charge in [0.05, 0.1) is 29.2 Å². The maximum Gasteiger partial charge on any atom is 0.311 e. The Morgan fingerprint density at radius 1 is 1.30 bits per heavy atom. The summed E-state index contributed by atoms with van der Waals surface area (Å²) in [6, 6.07) is 7.79. The van der Waals surface area contributed by atoms with Crippen LogP contribution in [0.2, 0.25) is 0 Å². The third-order valence-corrected chi connectivity index (χ3v) is 10.1. The fourth-order valence-electron chi connectivity index (χ4n) is 6.60. The van der Waals surface area contributed by atoms with Gasteiger partial charge in [0.25, 0.3) is 0 Å². The number of benzene rings is 1. The van der Waals surface area contributed by atoms with Gasteiger partial charge in [0.15, 0.2) is 0 Å². The zero-order chi connectivity index (χ0) is 26.7. The number of fused-ring (bicyclic) bond motifs is 1. The molecule has 3 heterocycles. The van der Waals surface area contributed by atoms with E-state index in [2.05, 4.69) is 20.1 Å². The zero-order valence-electron chi connectivity index (χ0n) is 21.8. The summed E-state index contributed by atoms with van der Waals surface area (Å²) in [6.45, 7) is 11.7. The van der Waals surface area contributed by atoms with Crippen molar-refractivity contribution in [3.8, 4) is 0 Å². The molecule has 0 radical (unpaired) electrons. The third kappa shape index (κ3) is 4.63. The lowest BCUT2D eigenvalue weighted by Crippen LogP contribution is -2.57. The maximum absolute atomic E-state index is 14.5. The van der Waals surface area contributed by atoms with Crippen molar-refractivity contribution in [3.05, 3.63) is 61.2 Å². The lowest BCUT2D eigenvalue weighted by molar-refractivity contribution is -0.153. The summed E-state index contributed by atoms with van der Waals surface area (Å²) in [5.74, 6) is -2.10. The number of carbonyl (C=O) groups excluding carboxylic acids is 3. The van der Waals surface area contributed by atoms with Crippen molar-refractivity contribution in [2.75, 3.05) is 19.8 Å². The van der Waals surface area contributed by atoms with Gasteiger partial charge in [-0.3, -0.25) is 14.4 Å².